The van der Waals surface area contributed by atoms with Crippen LogP contribution in [0.1, 0.15) is 29.5 Å². The molecule has 3 aromatic rings. The molecule has 0 heterocycles. The number of nitrogens with two attached hydrogens (primary N) is 1. The molecule has 1 aliphatic rings. The molecule has 37 heavy (non-hydrogen) atoms. The van der Waals surface area contributed by atoms with E-state index in [1.54, 1.807) is 12.1 Å². The summed E-state index contributed by atoms with van der Waals surface area (Å²) in [7, 11) is 0. The Morgan fingerprint density at radius 3 is 2.24 bits per heavy atom. The van der Waals surface area contributed by atoms with Gasteiger partial charge in [-0.05, 0) is 87.9 Å². The van der Waals surface area contributed by atoms with Gasteiger partial charge in [-0.2, -0.15) is 0 Å². The average Bonchev–Trinajstić information content (AvgIpc) is 2.91. The fourth-order valence-corrected chi connectivity index (χ4v) is 4.77. The van der Waals surface area contributed by atoms with Crippen LogP contribution in [-0.4, -0.2) is 30.6 Å². The van der Waals surface area contributed by atoms with Crippen molar-refractivity contribution in [3.05, 3.63) is 124 Å². The largest absolute Gasteiger partial charge is 0.402 e. The lowest BCUT2D eigenvalue weighted by atomic mass is 10.0. The molecule has 3 N–H and O–H groups in total. The van der Waals surface area contributed by atoms with Gasteiger partial charge in [-0.25, -0.2) is 4.39 Å². The van der Waals surface area contributed by atoms with Crippen molar-refractivity contribution in [3.63, 3.8) is 0 Å². The Kier molecular flexibility index (Phi) is 13.8. The Hall–Kier alpha value is -2.86. The first-order valence-electron chi connectivity index (χ1n) is 12.3. The third-order valence-electron chi connectivity index (χ3n) is 5.74. The summed E-state index contributed by atoms with van der Waals surface area (Å²) in [6.45, 7) is 8.60. The molecule has 0 unspecified atom stereocenters. The quantitative estimate of drug-likeness (QED) is 0.173. The van der Waals surface area contributed by atoms with Crippen LogP contribution < -0.4 is 5.73 Å². The molecule has 196 valence electrons. The number of aryl methyl sites for hydroxylation is 2. The van der Waals surface area contributed by atoms with E-state index in [-0.39, 0.29) is 5.82 Å². The second-order valence-corrected chi connectivity index (χ2v) is 10.3. The van der Waals surface area contributed by atoms with Gasteiger partial charge in [0.1, 0.15) is 5.82 Å². The van der Waals surface area contributed by atoms with Gasteiger partial charge >= 0.3 is 0 Å². The summed E-state index contributed by atoms with van der Waals surface area (Å²) in [5.74, 6) is 0.809. The number of thioether (sulfide) groups is 1. The van der Waals surface area contributed by atoms with Gasteiger partial charge in [0.2, 0.25) is 0 Å². The zero-order chi connectivity index (χ0) is 27.0. The SMILES string of the molecule is C=N.Cc1ccc(F)cc1.Cc1cccc(SCN(CCc2ccc(Cl)cc2)CC2=CC=C(N)CC2)c1. The Bertz CT molecular complexity index is 1120. The van der Waals surface area contributed by atoms with E-state index in [2.05, 4.69) is 67.1 Å². The van der Waals surface area contributed by atoms with Crippen LogP contribution in [-0.2, 0) is 6.42 Å². The number of nitrogens with zero attached hydrogens (tertiary/aromatic N) is 1. The number of rotatable bonds is 8. The second-order valence-electron chi connectivity index (χ2n) is 8.88. The third-order valence-corrected chi connectivity index (χ3v) is 7.07. The minimum absolute atomic E-state index is 0.171. The highest BCUT2D eigenvalue weighted by Gasteiger charge is 2.11. The monoisotopic (exact) mass is 537 g/mol. The van der Waals surface area contributed by atoms with Crippen molar-refractivity contribution in [1.82, 2.24) is 4.90 Å². The average molecular weight is 538 g/mol. The van der Waals surface area contributed by atoms with Crippen molar-refractivity contribution in [2.24, 2.45) is 5.73 Å². The summed E-state index contributed by atoms with van der Waals surface area (Å²) in [6.07, 6.45) is 7.32. The molecule has 3 aromatic carbocycles. The van der Waals surface area contributed by atoms with Crippen molar-refractivity contribution in [3.8, 4) is 0 Å². The van der Waals surface area contributed by atoms with E-state index in [1.807, 2.05) is 30.8 Å². The van der Waals surface area contributed by atoms with Gasteiger partial charge in [-0.3, -0.25) is 4.90 Å². The molecule has 0 bridgehead atoms. The van der Waals surface area contributed by atoms with Gasteiger partial charge in [-0.15, -0.1) is 11.8 Å². The van der Waals surface area contributed by atoms with Crippen molar-refractivity contribution in [2.45, 2.75) is 38.0 Å². The normalized spacial score (nSPS) is 12.5. The van der Waals surface area contributed by atoms with Gasteiger partial charge < -0.3 is 11.1 Å². The van der Waals surface area contributed by atoms with Crippen LogP contribution in [0.4, 0.5) is 4.39 Å². The summed E-state index contributed by atoms with van der Waals surface area (Å²) in [6, 6.07) is 23.3. The van der Waals surface area contributed by atoms with Crippen molar-refractivity contribution in [2.75, 3.05) is 19.0 Å². The summed E-state index contributed by atoms with van der Waals surface area (Å²) < 4.78 is 12.1. The van der Waals surface area contributed by atoms with Crippen molar-refractivity contribution < 1.29 is 4.39 Å². The predicted molar refractivity (Wildman–Crippen MR) is 159 cm³/mol. The highest BCUT2D eigenvalue weighted by atomic mass is 35.5. The number of allylic oxidation sites excluding steroid dienone is 3. The van der Waals surface area contributed by atoms with Crippen LogP contribution in [0.3, 0.4) is 0 Å². The van der Waals surface area contributed by atoms with Crippen molar-refractivity contribution >= 4 is 30.1 Å². The zero-order valence-corrected chi connectivity index (χ0v) is 23.3. The maximum atomic E-state index is 12.1. The lowest BCUT2D eigenvalue weighted by molar-refractivity contribution is 0.348. The van der Waals surface area contributed by atoms with Crippen molar-refractivity contribution in [1.29, 1.82) is 5.41 Å². The van der Waals surface area contributed by atoms with Crippen LogP contribution in [0.5, 0.6) is 0 Å². The first kappa shape index (κ1) is 30.4. The molecule has 0 saturated carbocycles. The number of nitrogens with one attached hydrogen (secondary N) is 1. The molecule has 0 radical (unpaired) electrons. The molecule has 0 fully saturated rings. The van der Waals surface area contributed by atoms with E-state index in [0.29, 0.717) is 0 Å². The molecule has 0 saturated heterocycles. The molecule has 1 aliphatic carbocycles. The molecule has 4 rings (SSSR count). The van der Waals surface area contributed by atoms with Crippen LogP contribution in [0, 0.1) is 25.1 Å². The van der Waals surface area contributed by atoms with E-state index in [1.165, 1.54) is 33.7 Å². The Labute approximate surface area is 230 Å². The molecular weight excluding hydrogens is 501 g/mol. The number of benzene rings is 3. The number of halogens is 2. The van der Waals surface area contributed by atoms with Crippen LogP contribution >= 0.6 is 23.4 Å². The maximum absolute atomic E-state index is 12.1. The molecule has 6 heteroatoms. The smallest absolute Gasteiger partial charge is 0.123 e. The Balaban J connectivity index is 0.000000406. The summed E-state index contributed by atoms with van der Waals surface area (Å²) in [5, 5.41) is 6.29. The molecule has 0 atom stereocenters. The fraction of sp³-hybridized carbons (Fsp3) is 0.258. The Morgan fingerprint density at radius 2 is 1.65 bits per heavy atom. The van der Waals surface area contributed by atoms with Crippen LogP contribution in [0.2, 0.25) is 5.02 Å². The summed E-state index contributed by atoms with van der Waals surface area (Å²) in [5.41, 5.74) is 12.1. The first-order chi connectivity index (χ1) is 17.9. The third kappa shape index (κ3) is 12.3. The lowest BCUT2D eigenvalue weighted by Gasteiger charge is -2.24. The van der Waals surface area contributed by atoms with E-state index >= 15 is 0 Å². The van der Waals surface area contributed by atoms with E-state index in [0.717, 1.165) is 54.5 Å². The molecule has 0 spiro atoms. The van der Waals surface area contributed by atoms with Gasteiger partial charge in [0.25, 0.3) is 0 Å². The van der Waals surface area contributed by atoms with Crippen LogP contribution in [0.25, 0.3) is 0 Å². The highest BCUT2D eigenvalue weighted by molar-refractivity contribution is 7.99. The number of hydrogen-bond donors (Lipinski definition) is 2. The standard InChI is InChI=1S/C23H27ClN2S.C7H7F.CH3N/c1-18-3-2-4-23(15-18)27-17-26(16-20-7-11-22(25)12-8-20)14-13-19-5-9-21(24)10-6-19;1-6-2-4-7(8)5-3-6;1-2/h2-7,9-11,15H,8,12-14,16-17,25H2,1H3;2-5H,1H3;2H,1H2. The number of hydrogen-bond acceptors (Lipinski definition) is 4. The molecule has 3 nitrogen and oxygen atoms in total. The molecule has 0 aromatic heterocycles. The Morgan fingerprint density at radius 1 is 0.946 bits per heavy atom. The molecular formula is C31H37ClFN3S. The topological polar surface area (TPSA) is 53.1 Å². The van der Waals surface area contributed by atoms with Gasteiger partial charge in [0.05, 0.1) is 0 Å². The van der Waals surface area contributed by atoms with Crippen LogP contribution in [0.15, 0.2) is 101 Å². The first-order valence-corrected chi connectivity index (χ1v) is 13.6. The maximum Gasteiger partial charge on any atom is 0.123 e. The highest BCUT2D eigenvalue weighted by Crippen LogP contribution is 2.23. The minimum atomic E-state index is -0.171. The van der Waals surface area contributed by atoms with E-state index < -0.39 is 0 Å². The minimum Gasteiger partial charge on any atom is -0.402 e. The fourth-order valence-electron chi connectivity index (χ4n) is 3.65. The second kappa shape index (κ2) is 16.8. The summed E-state index contributed by atoms with van der Waals surface area (Å²) >= 11 is 7.92. The molecule has 0 amide bonds. The molecule has 0 aliphatic heterocycles. The van der Waals surface area contributed by atoms with Gasteiger partial charge in [0, 0.05) is 34.6 Å². The van der Waals surface area contributed by atoms with Gasteiger partial charge in [0.15, 0.2) is 0 Å². The van der Waals surface area contributed by atoms with Gasteiger partial charge in [-0.1, -0.05) is 70.8 Å². The van der Waals surface area contributed by atoms with E-state index in [4.69, 9.17) is 22.7 Å². The zero-order valence-electron chi connectivity index (χ0n) is 21.7. The lowest BCUT2D eigenvalue weighted by Crippen LogP contribution is -2.28. The predicted octanol–water partition coefficient (Wildman–Crippen LogP) is 8.21. The van der Waals surface area contributed by atoms with E-state index in [9.17, 15) is 4.39 Å². The summed E-state index contributed by atoms with van der Waals surface area (Å²) in [4.78, 5) is 3.86.